The molecule has 4 heteroatoms. The van der Waals surface area contributed by atoms with Crippen molar-refractivity contribution in [2.24, 2.45) is 0 Å². The molecule has 0 radical (unpaired) electrons. The van der Waals surface area contributed by atoms with E-state index in [4.69, 9.17) is 0 Å². The third-order valence-electron chi connectivity index (χ3n) is 3.83. The maximum absolute atomic E-state index is 12.4. The number of hydrogen-bond donors (Lipinski definition) is 1. The van der Waals surface area contributed by atoms with Gasteiger partial charge in [-0.15, -0.1) is 12.4 Å². The van der Waals surface area contributed by atoms with Crippen LogP contribution in [0.2, 0.25) is 0 Å². The number of nitrogens with zero attached hydrogens (tertiary/aromatic N) is 1. The molecule has 1 fully saturated rings. The van der Waals surface area contributed by atoms with Crippen LogP contribution in [-0.2, 0) is 11.2 Å². The lowest BCUT2D eigenvalue weighted by Gasteiger charge is -2.37. The zero-order valence-electron chi connectivity index (χ0n) is 10.6. The first kappa shape index (κ1) is 13.4. The van der Waals surface area contributed by atoms with Crippen LogP contribution >= 0.6 is 12.4 Å². The number of halogens is 1. The summed E-state index contributed by atoms with van der Waals surface area (Å²) in [4.78, 5) is 14.4. The van der Waals surface area contributed by atoms with Gasteiger partial charge in [-0.25, -0.2) is 0 Å². The summed E-state index contributed by atoms with van der Waals surface area (Å²) in [5, 5.41) is 3.37. The van der Waals surface area contributed by atoms with Crippen LogP contribution in [0.5, 0.6) is 0 Å². The van der Waals surface area contributed by atoms with Crippen molar-refractivity contribution in [1.82, 2.24) is 10.2 Å². The highest BCUT2D eigenvalue weighted by atomic mass is 35.5. The predicted octanol–water partition coefficient (Wildman–Crippen LogP) is 1.57. The zero-order chi connectivity index (χ0) is 11.8. The molecule has 1 unspecified atom stereocenters. The molecule has 2 aliphatic rings. The van der Waals surface area contributed by atoms with Crippen LogP contribution in [0.3, 0.4) is 0 Å². The van der Waals surface area contributed by atoms with Crippen molar-refractivity contribution < 1.29 is 4.79 Å². The van der Waals surface area contributed by atoms with Gasteiger partial charge in [0.25, 0.3) is 0 Å². The van der Waals surface area contributed by atoms with Gasteiger partial charge in [0, 0.05) is 25.7 Å². The van der Waals surface area contributed by atoms with E-state index in [9.17, 15) is 4.79 Å². The van der Waals surface area contributed by atoms with Gasteiger partial charge in [0.15, 0.2) is 0 Å². The Balaban J connectivity index is 0.00000120. The van der Waals surface area contributed by atoms with E-state index < -0.39 is 0 Å². The highest BCUT2D eigenvalue weighted by Gasteiger charge is 2.35. The molecule has 98 valence electrons. The van der Waals surface area contributed by atoms with Crippen LogP contribution in [0.1, 0.15) is 24.0 Å². The molecule has 0 aromatic heterocycles. The number of nitrogens with one attached hydrogen (secondary N) is 1. The van der Waals surface area contributed by atoms with Crippen LogP contribution < -0.4 is 5.32 Å². The summed E-state index contributed by atoms with van der Waals surface area (Å²) in [5.74, 6) is 0.438. The average molecular weight is 267 g/mol. The van der Waals surface area contributed by atoms with Crippen molar-refractivity contribution in [1.29, 1.82) is 0 Å². The molecular weight excluding hydrogens is 248 g/mol. The molecule has 3 nitrogen and oxygen atoms in total. The number of benzene rings is 1. The predicted molar refractivity (Wildman–Crippen MR) is 74.2 cm³/mol. The minimum absolute atomic E-state index is 0. The molecule has 2 atom stereocenters. The first-order valence-corrected chi connectivity index (χ1v) is 6.35. The van der Waals surface area contributed by atoms with E-state index in [1.165, 1.54) is 11.1 Å². The Kier molecular flexibility index (Phi) is 3.93. The summed E-state index contributed by atoms with van der Waals surface area (Å²) in [6.07, 6.45) is 0.924. The second-order valence-corrected chi connectivity index (χ2v) is 5.09. The number of carbonyl (C=O) groups is 1. The fraction of sp³-hybridized carbons (Fsp3) is 0.500. The first-order chi connectivity index (χ1) is 8.25. The van der Waals surface area contributed by atoms with Gasteiger partial charge in [0.1, 0.15) is 0 Å². The smallest absolute Gasteiger partial charge is 0.230 e. The zero-order valence-corrected chi connectivity index (χ0v) is 11.4. The highest BCUT2D eigenvalue weighted by molar-refractivity contribution is 5.87. The monoisotopic (exact) mass is 266 g/mol. The maximum atomic E-state index is 12.4. The first-order valence-electron chi connectivity index (χ1n) is 6.35. The van der Waals surface area contributed by atoms with E-state index in [2.05, 4.69) is 24.4 Å². The third-order valence-corrected chi connectivity index (χ3v) is 3.83. The van der Waals surface area contributed by atoms with Gasteiger partial charge in [0.05, 0.1) is 5.92 Å². The molecule has 1 aromatic rings. The summed E-state index contributed by atoms with van der Waals surface area (Å²) in [5.41, 5.74) is 2.58. The van der Waals surface area contributed by atoms with Gasteiger partial charge in [-0.05, 0) is 24.5 Å². The van der Waals surface area contributed by atoms with E-state index in [-0.39, 0.29) is 18.3 Å². The van der Waals surface area contributed by atoms with Crippen LogP contribution in [0, 0.1) is 0 Å². The molecule has 1 N–H and O–H groups in total. The molecule has 1 aliphatic heterocycles. The topological polar surface area (TPSA) is 32.3 Å². The van der Waals surface area contributed by atoms with Crippen LogP contribution in [0.25, 0.3) is 0 Å². The molecule has 18 heavy (non-hydrogen) atoms. The third kappa shape index (κ3) is 2.25. The van der Waals surface area contributed by atoms with Crippen molar-refractivity contribution >= 4 is 18.3 Å². The summed E-state index contributed by atoms with van der Waals surface area (Å²) in [7, 11) is 0. The lowest BCUT2D eigenvalue weighted by atomic mass is 9.76. The van der Waals surface area contributed by atoms with Crippen molar-refractivity contribution in [3.63, 3.8) is 0 Å². The van der Waals surface area contributed by atoms with Gasteiger partial charge < -0.3 is 10.2 Å². The standard InChI is InChI=1S/C14H18N2O.ClH/c1-10-9-16(7-6-15-10)14(17)13-8-11-4-2-3-5-12(11)13;/h2-5,10,13,15H,6-9H2,1H3;1H/t10-,13?;/m1./s1. The minimum atomic E-state index is 0. The highest BCUT2D eigenvalue weighted by Crippen LogP contribution is 2.36. The van der Waals surface area contributed by atoms with Crippen LogP contribution in [-0.4, -0.2) is 36.5 Å². The molecule has 1 aliphatic carbocycles. The molecule has 1 heterocycles. The fourth-order valence-corrected chi connectivity index (χ4v) is 2.83. The minimum Gasteiger partial charge on any atom is -0.339 e. The van der Waals surface area contributed by atoms with E-state index in [1.807, 2.05) is 17.0 Å². The average Bonchev–Trinajstić information content (AvgIpc) is 2.30. The Morgan fingerprint density at radius 1 is 1.39 bits per heavy atom. The van der Waals surface area contributed by atoms with Gasteiger partial charge in [-0.3, -0.25) is 4.79 Å². The number of rotatable bonds is 1. The van der Waals surface area contributed by atoms with Gasteiger partial charge in [0.2, 0.25) is 5.91 Å². The van der Waals surface area contributed by atoms with Crippen molar-refractivity contribution in [3.8, 4) is 0 Å². The molecule has 3 rings (SSSR count). The molecule has 1 aromatic carbocycles. The van der Waals surface area contributed by atoms with Gasteiger partial charge in [-0.1, -0.05) is 24.3 Å². The van der Waals surface area contributed by atoms with Crippen LogP contribution in [0.15, 0.2) is 24.3 Å². The Bertz CT molecular complexity index is 449. The summed E-state index contributed by atoms with van der Waals surface area (Å²) in [6, 6.07) is 8.71. The molecule has 0 spiro atoms. The number of fused-ring (bicyclic) bond motifs is 1. The summed E-state index contributed by atoms with van der Waals surface area (Å²) < 4.78 is 0. The van der Waals surface area contributed by atoms with Gasteiger partial charge in [-0.2, -0.15) is 0 Å². The largest absolute Gasteiger partial charge is 0.339 e. The second-order valence-electron chi connectivity index (χ2n) is 5.09. The normalized spacial score (nSPS) is 25.7. The molecule has 1 saturated heterocycles. The van der Waals surface area contributed by atoms with Crippen LogP contribution in [0.4, 0.5) is 0 Å². The SMILES string of the molecule is C[C@@H]1CN(C(=O)C2Cc3ccccc32)CCN1.Cl. The lowest BCUT2D eigenvalue weighted by molar-refractivity contribution is -0.134. The van der Waals surface area contributed by atoms with Crippen molar-refractivity contribution in [3.05, 3.63) is 35.4 Å². The quantitative estimate of drug-likeness (QED) is 0.837. The van der Waals surface area contributed by atoms with E-state index in [1.54, 1.807) is 0 Å². The molecular formula is C14H19ClN2O. The summed E-state index contributed by atoms with van der Waals surface area (Å²) >= 11 is 0. The second kappa shape index (κ2) is 5.29. The Morgan fingerprint density at radius 3 is 2.89 bits per heavy atom. The molecule has 1 amide bonds. The molecule has 0 saturated carbocycles. The lowest BCUT2D eigenvalue weighted by Crippen LogP contribution is -2.53. The number of carbonyl (C=O) groups excluding carboxylic acids is 1. The Hall–Kier alpha value is -1.06. The van der Waals surface area contributed by atoms with Gasteiger partial charge >= 0.3 is 0 Å². The fourth-order valence-electron chi connectivity index (χ4n) is 2.83. The summed E-state index contributed by atoms with van der Waals surface area (Å²) in [6.45, 7) is 4.74. The van der Waals surface area contributed by atoms with Crippen molar-refractivity contribution in [2.75, 3.05) is 19.6 Å². The number of hydrogen-bond acceptors (Lipinski definition) is 2. The number of piperazine rings is 1. The number of amides is 1. The van der Waals surface area contributed by atoms with Crippen molar-refractivity contribution in [2.45, 2.75) is 25.3 Å². The van der Waals surface area contributed by atoms with E-state index in [0.717, 1.165) is 26.1 Å². The molecule has 0 bridgehead atoms. The Labute approximate surface area is 114 Å². The van der Waals surface area contributed by atoms with E-state index in [0.29, 0.717) is 11.9 Å². The Morgan fingerprint density at radius 2 is 2.17 bits per heavy atom. The van der Waals surface area contributed by atoms with E-state index >= 15 is 0 Å². The maximum Gasteiger partial charge on any atom is 0.230 e.